The first kappa shape index (κ1) is 12.5. The van der Waals surface area contributed by atoms with Crippen LogP contribution in [0.15, 0.2) is 29.3 Å². The van der Waals surface area contributed by atoms with E-state index in [1.165, 1.54) is 17.8 Å². The molecule has 0 aromatic heterocycles. The topological polar surface area (TPSA) is 35.9 Å². The SMILES string of the molecule is O=C1CSC(N2CCN(c3ccccc3F)CC2)=N1. The third-order valence-electron chi connectivity index (χ3n) is 3.29. The molecule has 4 nitrogen and oxygen atoms in total. The van der Waals surface area contributed by atoms with Crippen LogP contribution in [0.25, 0.3) is 0 Å². The molecule has 1 fully saturated rings. The highest BCUT2D eigenvalue weighted by Crippen LogP contribution is 2.22. The number of rotatable bonds is 1. The van der Waals surface area contributed by atoms with Crippen molar-refractivity contribution >= 4 is 28.5 Å². The minimum atomic E-state index is -0.182. The van der Waals surface area contributed by atoms with Crippen LogP contribution in [0.1, 0.15) is 0 Å². The largest absolute Gasteiger partial charge is 0.366 e. The van der Waals surface area contributed by atoms with Gasteiger partial charge in [-0.1, -0.05) is 23.9 Å². The molecule has 1 amide bonds. The van der Waals surface area contributed by atoms with Crippen molar-refractivity contribution in [2.24, 2.45) is 4.99 Å². The van der Waals surface area contributed by atoms with Gasteiger partial charge in [-0.3, -0.25) is 4.79 Å². The number of amidine groups is 1. The third-order valence-corrected chi connectivity index (χ3v) is 4.29. The second-order valence-corrected chi connectivity index (χ2v) is 5.44. The fourth-order valence-electron chi connectivity index (χ4n) is 2.31. The van der Waals surface area contributed by atoms with Crippen molar-refractivity contribution in [3.8, 4) is 0 Å². The van der Waals surface area contributed by atoms with Crippen LogP contribution in [0.2, 0.25) is 0 Å². The smallest absolute Gasteiger partial charge is 0.258 e. The maximum absolute atomic E-state index is 13.7. The van der Waals surface area contributed by atoms with Gasteiger partial charge in [0, 0.05) is 26.2 Å². The van der Waals surface area contributed by atoms with Crippen LogP contribution in [-0.4, -0.2) is 47.9 Å². The predicted octanol–water partition coefficient (Wildman–Crippen LogP) is 1.58. The van der Waals surface area contributed by atoms with Crippen molar-refractivity contribution in [3.63, 3.8) is 0 Å². The average molecular weight is 279 g/mol. The molecule has 3 rings (SSSR count). The van der Waals surface area contributed by atoms with Crippen LogP contribution in [0.3, 0.4) is 0 Å². The summed E-state index contributed by atoms with van der Waals surface area (Å²) in [5.74, 6) is 0.207. The molecule has 0 saturated carbocycles. The van der Waals surface area contributed by atoms with E-state index in [1.54, 1.807) is 12.1 Å². The van der Waals surface area contributed by atoms with Crippen molar-refractivity contribution in [2.75, 3.05) is 36.8 Å². The van der Waals surface area contributed by atoms with Crippen molar-refractivity contribution in [1.29, 1.82) is 0 Å². The van der Waals surface area contributed by atoms with Crippen molar-refractivity contribution in [3.05, 3.63) is 30.1 Å². The molecule has 6 heteroatoms. The number of aliphatic imine (C=N–C) groups is 1. The highest BCUT2D eigenvalue weighted by molar-refractivity contribution is 8.14. The molecule has 0 aliphatic carbocycles. The van der Waals surface area contributed by atoms with Gasteiger partial charge in [0.05, 0.1) is 11.4 Å². The molecule has 0 N–H and O–H groups in total. The Morgan fingerprint density at radius 1 is 1.11 bits per heavy atom. The predicted molar refractivity (Wildman–Crippen MR) is 75.1 cm³/mol. The first-order valence-corrected chi connectivity index (χ1v) is 7.21. The van der Waals surface area contributed by atoms with Gasteiger partial charge in [-0.05, 0) is 12.1 Å². The molecule has 0 spiro atoms. The lowest BCUT2D eigenvalue weighted by Crippen LogP contribution is -2.48. The number of nitrogens with zero attached hydrogens (tertiary/aromatic N) is 3. The molecule has 0 unspecified atom stereocenters. The maximum Gasteiger partial charge on any atom is 0.258 e. The fourth-order valence-corrected chi connectivity index (χ4v) is 3.15. The van der Waals surface area contributed by atoms with E-state index in [9.17, 15) is 9.18 Å². The van der Waals surface area contributed by atoms with Gasteiger partial charge in [-0.15, -0.1) is 0 Å². The quantitative estimate of drug-likeness (QED) is 0.782. The summed E-state index contributed by atoms with van der Waals surface area (Å²) < 4.78 is 13.7. The summed E-state index contributed by atoms with van der Waals surface area (Å²) in [6, 6.07) is 6.83. The zero-order chi connectivity index (χ0) is 13.2. The molecule has 2 aliphatic rings. The number of anilines is 1. The number of hydrogen-bond acceptors (Lipinski definition) is 4. The Kier molecular flexibility index (Phi) is 3.42. The Bertz CT molecular complexity index is 526. The number of hydrogen-bond donors (Lipinski definition) is 0. The molecule has 19 heavy (non-hydrogen) atoms. The summed E-state index contributed by atoms with van der Waals surface area (Å²) in [5, 5.41) is 0.818. The molecule has 0 radical (unpaired) electrons. The summed E-state index contributed by atoms with van der Waals surface area (Å²) >= 11 is 1.49. The first-order chi connectivity index (χ1) is 9.24. The molecule has 1 aromatic carbocycles. The van der Waals surface area contributed by atoms with E-state index in [-0.39, 0.29) is 11.7 Å². The summed E-state index contributed by atoms with van der Waals surface area (Å²) in [6.45, 7) is 3.03. The number of carbonyl (C=O) groups excluding carboxylic acids is 1. The lowest BCUT2D eigenvalue weighted by molar-refractivity contribution is -0.115. The number of amides is 1. The highest BCUT2D eigenvalue weighted by Gasteiger charge is 2.25. The first-order valence-electron chi connectivity index (χ1n) is 6.23. The minimum absolute atomic E-state index is 0.0588. The summed E-state index contributed by atoms with van der Waals surface area (Å²) in [6.07, 6.45) is 0. The van der Waals surface area contributed by atoms with Crippen molar-refractivity contribution in [1.82, 2.24) is 4.90 Å². The number of halogens is 1. The van der Waals surface area contributed by atoms with E-state index in [0.717, 1.165) is 31.3 Å². The number of thioether (sulfide) groups is 1. The summed E-state index contributed by atoms with van der Waals surface area (Å²) in [4.78, 5) is 19.3. The molecule has 2 aliphatic heterocycles. The lowest BCUT2D eigenvalue weighted by atomic mass is 10.2. The fraction of sp³-hybridized carbons (Fsp3) is 0.385. The average Bonchev–Trinajstić information content (AvgIpc) is 2.86. The second-order valence-electron chi connectivity index (χ2n) is 4.50. The van der Waals surface area contributed by atoms with Crippen molar-refractivity contribution in [2.45, 2.75) is 0 Å². The highest BCUT2D eigenvalue weighted by atomic mass is 32.2. The van der Waals surface area contributed by atoms with E-state index >= 15 is 0 Å². The van der Waals surface area contributed by atoms with Gasteiger partial charge < -0.3 is 9.80 Å². The number of carbonyl (C=O) groups is 1. The van der Waals surface area contributed by atoms with E-state index in [0.29, 0.717) is 11.4 Å². The number of piperazine rings is 1. The van der Waals surface area contributed by atoms with E-state index < -0.39 is 0 Å². The Labute approximate surface area is 115 Å². The Balaban J connectivity index is 1.65. The van der Waals surface area contributed by atoms with Gasteiger partial charge in [-0.25, -0.2) is 4.39 Å². The zero-order valence-corrected chi connectivity index (χ0v) is 11.2. The Morgan fingerprint density at radius 3 is 2.42 bits per heavy atom. The molecule has 1 aromatic rings. The molecular formula is C13H14FN3OS. The van der Waals surface area contributed by atoms with Gasteiger partial charge in [0.15, 0.2) is 5.17 Å². The van der Waals surface area contributed by atoms with Gasteiger partial charge in [0.25, 0.3) is 5.91 Å². The zero-order valence-electron chi connectivity index (χ0n) is 10.4. The molecule has 1 saturated heterocycles. The Hall–Kier alpha value is -1.56. The van der Waals surface area contributed by atoms with Gasteiger partial charge >= 0.3 is 0 Å². The standard InChI is InChI=1S/C13H14FN3OS/c14-10-3-1-2-4-11(10)16-5-7-17(8-6-16)13-15-12(18)9-19-13/h1-4H,5-9H2. The minimum Gasteiger partial charge on any atom is -0.366 e. The summed E-state index contributed by atoms with van der Waals surface area (Å²) in [7, 11) is 0. The van der Waals surface area contributed by atoms with Crippen LogP contribution in [0.5, 0.6) is 0 Å². The normalized spacial score (nSPS) is 19.8. The second kappa shape index (κ2) is 5.21. The molecule has 0 atom stereocenters. The molecule has 100 valence electrons. The third kappa shape index (κ3) is 2.58. The number of benzene rings is 1. The Morgan fingerprint density at radius 2 is 1.79 bits per heavy atom. The summed E-state index contributed by atoms with van der Waals surface area (Å²) in [5.41, 5.74) is 0.652. The van der Waals surface area contributed by atoms with Crippen LogP contribution in [0, 0.1) is 5.82 Å². The molecule has 0 bridgehead atoms. The van der Waals surface area contributed by atoms with Crippen LogP contribution in [0.4, 0.5) is 10.1 Å². The van der Waals surface area contributed by atoms with Crippen LogP contribution in [-0.2, 0) is 4.79 Å². The number of para-hydroxylation sites is 1. The van der Waals surface area contributed by atoms with E-state index in [2.05, 4.69) is 9.89 Å². The lowest BCUT2D eigenvalue weighted by Gasteiger charge is -2.36. The van der Waals surface area contributed by atoms with Crippen LogP contribution >= 0.6 is 11.8 Å². The van der Waals surface area contributed by atoms with Gasteiger partial charge in [0.2, 0.25) is 0 Å². The van der Waals surface area contributed by atoms with E-state index in [4.69, 9.17) is 0 Å². The maximum atomic E-state index is 13.7. The van der Waals surface area contributed by atoms with Crippen LogP contribution < -0.4 is 4.90 Å². The van der Waals surface area contributed by atoms with Crippen molar-refractivity contribution < 1.29 is 9.18 Å². The van der Waals surface area contributed by atoms with Gasteiger partial charge in [0.1, 0.15) is 5.82 Å². The molecule has 2 heterocycles. The monoisotopic (exact) mass is 279 g/mol. The molecular weight excluding hydrogens is 265 g/mol. The van der Waals surface area contributed by atoms with Gasteiger partial charge in [-0.2, -0.15) is 4.99 Å². The van der Waals surface area contributed by atoms with E-state index in [1.807, 2.05) is 11.0 Å².